The van der Waals surface area contributed by atoms with E-state index in [9.17, 15) is 18.0 Å². The molecular weight excluding hydrogens is 348 g/mol. The van der Waals surface area contributed by atoms with Crippen molar-refractivity contribution in [2.45, 2.75) is 30.5 Å². The molecule has 2 amide bonds. The third-order valence-corrected chi connectivity index (χ3v) is 4.69. The molecule has 0 aromatic carbocycles. The number of sulfone groups is 1. The van der Waals surface area contributed by atoms with E-state index in [2.05, 4.69) is 25.7 Å². The van der Waals surface area contributed by atoms with Gasteiger partial charge in [0, 0.05) is 23.4 Å². The Hall–Kier alpha value is -2.82. The second kappa shape index (κ2) is 5.34. The summed E-state index contributed by atoms with van der Waals surface area (Å²) in [5.41, 5.74) is 0.959. The van der Waals surface area contributed by atoms with Crippen molar-refractivity contribution in [1.29, 1.82) is 0 Å². The molecule has 0 bridgehead atoms. The number of imide groups is 1. The van der Waals surface area contributed by atoms with Crippen LogP contribution in [0, 0.1) is 0 Å². The van der Waals surface area contributed by atoms with Crippen LogP contribution in [0.5, 0.6) is 0 Å². The Labute approximate surface area is 142 Å². The van der Waals surface area contributed by atoms with Gasteiger partial charge >= 0.3 is 0 Å². The zero-order valence-corrected chi connectivity index (χ0v) is 14.0. The highest BCUT2D eigenvalue weighted by atomic mass is 32.2. The number of rotatable bonds is 4. The second-order valence-electron chi connectivity index (χ2n) is 6.08. The highest BCUT2D eigenvalue weighted by Gasteiger charge is 2.27. The third-order valence-electron chi connectivity index (χ3n) is 3.84. The number of amides is 2. The summed E-state index contributed by atoms with van der Waals surface area (Å²) in [6.07, 6.45) is 5.88. The maximum atomic E-state index is 11.9. The van der Waals surface area contributed by atoms with Gasteiger partial charge in [-0.15, -0.1) is 0 Å². The SMILES string of the molecule is CS(=O)(=O)c1nc(NC2CC2)n2ncc(/C=C3\CC(=O)NC3=O)c2n1. The van der Waals surface area contributed by atoms with Gasteiger partial charge in [-0.25, -0.2) is 8.42 Å². The van der Waals surface area contributed by atoms with E-state index in [0.717, 1.165) is 19.1 Å². The van der Waals surface area contributed by atoms with Crippen molar-refractivity contribution < 1.29 is 18.0 Å². The number of fused-ring (bicyclic) bond motifs is 1. The van der Waals surface area contributed by atoms with Gasteiger partial charge in [0.1, 0.15) is 0 Å². The van der Waals surface area contributed by atoms with Crippen molar-refractivity contribution in [2.24, 2.45) is 0 Å². The molecule has 1 saturated carbocycles. The number of anilines is 1. The average Bonchev–Trinajstić information content (AvgIpc) is 3.15. The topological polar surface area (TPSA) is 135 Å². The normalized spacial score (nSPS) is 19.6. The van der Waals surface area contributed by atoms with Gasteiger partial charge < -0.3 is 5.32 Å². The van der Waals surface area contributed by atoms with E-state index in [0.29, 0.717) is 5.56 Å². The van der Waals surface area contributed by atoms with Crippen LogP contribution in [0.15, 0.2) is 16.9 Å². The summed E-state index contributed by atoms with van der Waals surface area (Å²) < 4.78 is 25.2. The van der Waals surface area contributed by atoms with Crippen LogP contribution in [0.3, 0.4) is 0 Å². The van der Waals surface area contributed by atoms with Crippen LogP contribution in [0.4, 0.5) is 5.95 Å². The summed E-state index contributed by atoms with van der Waals surface area (Å²) in [7, 11) is -3.63. The van der Waals surface area contributed by atoms with Crippen molar-refractivity contribution in [3.05, 3.63) is 17.3 Å². The Bertz CT molecular complexity index is 1050. The maximum absolute atomic E-state index is 11.9. The highest BCUT2D eigenvalue weighted by molar-refractivity contribution is 7.90. The van der Waals surface area contributed by atoms with Gasteiger partial charge in [0.15, 0.2) is 5.65 Å². The molecule has 2 aliphatic rings. The minimum absolute atomic E-state index is 0.0344. The van der Waals surface area contributed by atoms with Gasteiger partial charge in [-0.05, 0) is 18.9 Å². The van der Waals surface area contributed by atoms with E-state index in [-0.39, 0.29) is 40.7 Å². The van der Waals surface area contributed by atoms with Gasteiger partial charge in [0.05, 0.1) is 12.6 Å². The number of aromatic nitrogens is 4. The van der Waals surface area contributed by atoms with Crippen LogP contribution in [-0.2, 0) is 19.4 Å². The Morgan fingerprint density at radius 3 is 2.68 bits per heavy atom. The minimum atomic E-state index is -3.63. The average molecular weight is 362 g/mol. The van der Waals surface area contributed by atoms with Crippen molar-refractivity contribution in [2.75, 3.05) is 11.6 Å². The lowest BCUT2D eigenvalue weighted by atomic mass is 10.1. The van der Waals surface area contributed by atoms with E-state index in [4.69, 9.17) is 0 Å². The molecule has 2 aromatic heterocycles. The number of hydrogen-bond donors (Lipinski definition) is 2. The van der Waals surface area contributed by atoms with Gasteiger partial charge in [0.25, 0.3) is 11.1 Å². The Balaban J connectivity index is 1.87. The quantitative estimate of drug-likeness (QED) is 0.550. The van der Waals surface area contributed by atoms with Crippen molar-refractivity contribution in [3.63, 3.8) is 0 Å². The number of nitrogens with zero attached hydrogens (tertiary/aromatic N) is 4. The largest absolute Gasteiger partial charge is 0.351 e. The lowest BCUT2D eigenvalue weighted by Crippen LogP contribution is -2.19. The molecule has 0 radical (unpaired) electrons. The first-order valence-corrected chi connectivity index (χ1v) is 9.47. The zero-order valence-electron chi connectivity index (χ0n) is 13.2. The molecule has 1 saturated heterocycles. The molecule has 2 aromatic rings. The first-order valence-electron chi connectivity index (χ1n) is 7.58. The second-order valence-corrected chi connectivity index (χ2v) is 7.99. The first kappa shape index (κ1) is 15.7. The lowest BCUT2D eigenvalue weighted by Gasteiger charge is -2.07. The Kier molecular flexibility index (Phi) is 3.35. The lowest BCUT2D eigenvalue weighted by molar-refractivity contribution is -0.124. The summed E-state index contributed by atoms with van der Waals surface area (Å²) in [5.74, 6) is -0.571. The minimum Gasteiger partial charge on any atom is -0.351 e. The number of hydrogen-bond acceptors (Lipinski definition) is 8. The molecule has 11 heteroatoms. The van der Waals surface area contributed by atoms with Crippen molar-refractivity contribution >= 4 is 39.3 Å². The summed E-state index contributed by atoms with van der Waals surface area (Å²) in [5, 5.41) is 9.18. The monoisotopic (exact) mass is 362 g/mol. The molecule has 3 heterocycles. The fraction of sp³-hybridized carbons (Fsp3) is 0.357. The fourth-order valence-electron chi connectivity index (χ4n) is 2.46. The number of carbonyl (C=O) groups excluding carboxylic acids is 2. The van der Waals surface area contributed by atoms with Gasteiger partial charge in [0.2, 0.25) is 21.7 Å². The fourth-order valence-corrected chi connectivity index (χ4v) is 2.96. The molecule has 10 nitrogen and oxygen atoms in total. The molecule has 2 N–H and O–H groups in total. The summed E-state index contributed by atoms with van der Waals surface area (Å²) >= 11 is 0. The van der Waals surface area contributed by atoms with Gasteiger partial charge in [-0.1, -0.05) is 0 Å². The summed E-state index contributed by atoms with van der Waals surface area (Å²) in [6, 6.07) is 0.231. The smallest absolute Gasteiger partial charge is 0.254 e. The molecule has 0 atom stereocenters. The Morgan fingerprint density at radius 1 is 1.32 bits per heavy atom. The standard InChI is InChI=1S/C14H14N6O4S/c1-25(23,24)14-18-11-8(4-7-5-10(21)17-12(7)22)6-15-20(11)13(19-14)16-9-2-3-9/h4,6,9H,2-3,5H2,1H3,(H,16,18,19)(H,17,21,22)/b7-4+. The predicted molar refractivity (Wildman–Crippen MR) is 86.3 cm³/mol. The van der Waals surface area contributed by atoms with E-state index in [1.54, 1.807) is 0 Å². The van der Waals surface area contributed by atoms with Gasteiger partial charge in [-0.2, -0.15) is 19.6 Å². The van der Waals surface area contributed by atoms with E-state index in [1.165, 1.54) is 16.8 Å². The van der Waals surface area contributed by atoms with Crippen LogP contribution >= 0.6 is 0 Å². The molecule has 0 unspecified atom stereocenters. The van der Waals surface area contributed by atoms with E-state index >= 15 is 0 Å². The zero-order chi connectivity index (χ0) is 17.8. The van der Waals surface area contributed by atoms with Crippen molar-refractivity contribution in [3.8, 4) is 0 Å². The molecule has 130 valence electrons. The van der Waals surface area contributed by atoms with Crippen LogP contribution in [0.1, 0.15) is 24.8 Å². The third kappa shape index (κ3) is 2.97. The summed E-state index contributed by atoms with van der Waals surface area (Å²) in [6.45, 7) is 0. The van der Waals surface area contributed by atoms with Crippen LogP contribution in [-0.4, -0.2) is 52.1 Å². The number of carbonyl (C=O) groups is 2. The van der Waals surface area contributed by atoms with E-state index in [1.807, 2.05) is 0 Å². The van der Waals surface area contributed by atoms with Crippen LogP contribution < -0.4 is 10.6 Å². The van der Waals surface area contributed by atoms with Crippen molar-refractivity contribution in [1.82, 2.24) is 24.9 Å². The van der Waals surface area contributed by atoms with Crippen LogP contribution in [0.2, 0.25) is 0 Å². The molecule has 4 rings (SSSR count). The highest BCUT2D eigenvalue weighted by Crippen LogP contribution is 2.26. The first-order chi connectivity index (χ1) is 11.8. The van der Waals surface area contributed by atoms with Crippen LogP contribution in [0.25, 0.3) is 11.7 Å². The number of nitrogens with one attached hydrogen (secondary N) is 2. The Morgan fingerprint density at radius 2 is 2.08 bits per heavy atom. The molecule has 1 aliphatic heterocycles. The summed E-state index contributed by atoms with van der Waals surface area (Å²) in [4.78, 5) is 31.2. The molecular formula is C14H14N6O4S. The molecule has 25 heavy (non-hydrogen) atoms. The maximum Gasteiger partial charge on any atom is 0.254 e. The molecule has 1 aliphatic carbocycles. The molecule has 0 spiro atoms. The molecule has 2 fully saturated rings. The predicted octanol–water partition coefficient (Wildman–Crippen LogP) is -0.468. The van der Waals surface area contributed by atoms with Gasteiger partial charge in [-0.3, -0.25) is 14.9 Å². The van der Waals surface area contributed by atoms with E-state index < -0.39 is 15.7 Å².